The molecule has 0 unspecified atom stereocenters. The summed E-state index contributed by atoms with van der Waals surface area (Å²) >= 11 is 10.9. The van der Waals surface area contributed by atoms with E-state index in [-0.39, 0.29) is 24.5 Å². The molecule has 5 rings (SSSR count). The number of carbonyl (C=O) groups excluding carboxylic acids is 1. The Balaban J connectivity index is 1.47. The normalized spacial score (nSPS) is 14.8. The molecule has 0 aliphatic carbocycles. The molecular weight excluding hydrogens is 646 g/mol. The summed E-state index contributed by atoms with van der Waals surface area (Å²) in [5.41, 5.74) is 2.75. The predicted octanol–water partition coefficient (Wildman–Crippen LogP) is 5.70. The van der Waals surface area contributed by atoms with Crippen LogP contribution in [0.1, 0.15) is 36.6 Å². The lowest BCUT2D eigenvalue weighted by Crippen LogP contribution is -2.39. The summed E-state index contributed by atoms with van der Waals surface area (Å²) in [6.07, 6.45) is 1.76. The lowest BCUT2D eigenvalue weighted by Gasteiger charge is -2.24. The molecule has 1 atom stereocenters. The molecule has 0 N–H and O–H groups in total. The van der Waals surface area contributed by atoms with Crippen molar-refractivity contribution in [1.82, 2.24) is 4.57 Å². The van der Waals surface area contributed by atoms with E-state index in [1.165, 1.54) is 28.0 Å². The van der Waals surface area contributed by atoms with E-state index >= 15 is 0 Å². The molecule has 9 nitrogen and oxygen atoms in total. The largest absolute Gasteiger partial charge is 0.488 e. The fourth-order valence-electron chi connectivity index (χ4n) is 4.50. The van der Waals surface area contributed by atoms with E-state index in [0.717, 1.165) is 11.1 Å². The monoisotopic (exact) mass is 667 g/mol. The Labute approximate surface area is 257 Å². The highest BCUT2D eigenvalue weighted by Gasteiger charge is 2.33. The molecule has 1 aliphatic rings. The molecule has 3 aromatic carbocycles. The third-order valence-corrected chi connectivity index (χ3v) is 8.35. The first-order chi connectivity index (χ1) is 20.2. The number of fused-ring (bicyclic) bond motifs is 1. The fourth-order valence-corrected chi connectivity index (χ4v) is 6.19. The summed E-state index contributed by atoms with van der Waals surface area (Å²) in [5, 5.41) is 11.4. The lowest BCUT2D eigenvalue weighted by molar-refractivity contribution is -0.384. The number of aromatic nitrogens is 1. The van der Waals surface area contributed by atoms with Gasteiger partial charge in [0.05, 0.1) is 37.8 Å². The standard InChI is InChI=1S/C30H23BrClN3O6S/c1-3-40-29(37)26-17(2)33-30-34(27(26)20-7-9-21(32)10-8-20)28(36)25(42-30)15-19-6-13-24(23(31)14-19)41-16-18-4-11-22(12-5-18)35(38)39/h4-15,27H,3,16H2,1-2H3/b25-15-/t27-/m1/s1. The maximum absolute atomic E-state index is 13.8. The number of carbonyl (C=O) groups is 1. The van der Waals surface area contributed by atoms with Crippen molar-refractivity contribution in [3.63, 3.8) is 0 Å². The molecular formula is C30H23BrClN3O6S. The first-order valence-electron chi connectivity index (χ1n) is 12.8. The molecule has 1 aliphatic heterocycles. The number of non-ortho nitro benzene ring substituents is 1. The molecule has 2 heterocycles. The van der Waals surface area contributed by atoms with Gasteiger partial charge in [-0.05, 0) is 88.9 Å². The number of nitro benzene ring substituents is 1. The van der Waals surface area contributed by atoms with Gasteiger partial charge in [0.1, 0.15) is 12.4 Å². The second-order valence-corrected chi connectivity index (χ2v) is 11.6. The zero-order chi connectivity index (χ0) is 30.0. The van der Waals surface area contributed by atoms with Crippen LogP contribution in [0.25, 0.3) is 6.08 Å². The van der Waals surface area contributed by atoms with Crippen molar-refractivity contribution in [2.75, 3.05) is 6.61 Å². The Bertz CT molecular complexity index is 1900. The van der Waals surface area contributed by atoms with Gasteiger partial charge in [0, 0.05) is 17.2 Å². The molecule has 0 bridgehead atoms. The first kappa shape index (κ1) is 29.4. The number of nitro groups is 1. The van der Waals surface area contributed by atoms with Crippen LogP contribution in [0, 0.1) is 10.1 Å². The van der Waals surface area contributed by atoms with Gasteiger partial charge in [-0.3, -0.25) is 19.5 Å². The van der Waals surface area contributed by atoms with E-state index < -0.39 is 16.9 Å². The van der Waals surface area contributed by atoms with Gasteiger partial charge in [-0.15, -0.1) is 0 Å². The zero-order valence-corrected chi connectivity index (χ0v) is 25.5. The maximum atomic E-state index is 13.8. The first-order valence-corrected chi connectivity index (χ1v) is 14.8. The number of halogens is 2. The number of benzene rings is 3. The molecule has 12 heteroatoms. The van der Waals surface area contributed by atoms with Crippen molar-refractivity contribution in [3.05, 3.63) is 134 Å². The van der Waals surface area contributed by atoms with Crippen molar-refractivity contribution < 1.29 is 19.2 Å². The molecule has 0 spiro atoms. The van der Waals surface area contributed by atoms with Gasteiger partial charge in [0.25, 0.3) is 11.2 Å². The van der Waals surface area contributed by atoms with Crippen LogP contribution < -0.4 is 19.6 Å². The number of nitrogens with zero attached hydrogens (tertiary/aromatic N) is 3. The molecule has 0 saturated carbocycles. The van der Waals surface area contributed by atoms with Crippen LogP contribution in [-0.2, 0) is 16.1 Å². The maximum Gasteiger partial charge on any atom is 0.338 e. The van der Waals surface area contributed by atoms with Crippen molar-refractivity contribution in [3.8, 4) is 5.75 Å². The van der Waals surface area contributed by atoms with Crippen LogP contribution >= 0.6 is 38.9 Å². The summed E-state index contributed by atoms with van der Waals surface area (Å²) in [6, 6.07) is 17.9. The van der Waals surface area contributed by atoms with E-state index in [9.17, 15) is 19.7 Å². The van der Waals surface area contributed by atoms with Crippen molar-refractivity contribution in [1.29, 1.82) is 0 Å². The van der Waals surface area contributed by atoms with Gasteiger partial charge in [-0.25, -0.2) is 9.79 Å². The highest BCUT2D eigenvalue weighted by Crippen LogP contribution is 2.31. The minimum absolute atomic E-state index is 0.0151. The third-order valence-electron chi connectivity index (χ3n) is 6.50. The van der Waals surface area contributed by atoms with Crippen LogP contribution in [0.2, 0.25) is 5.02 Å². The number of allylic oxidation sites excluding steroid dienone is 1. The van der Waals surface area contributed by atoms with E-state index in [0.29, 0.717) is 41.4 Å². The van der Waals surface area contributed by atoms with Crippen LogP contribution in [-0.4, -0.2) is 22.1 Å². The minimum atomic E-state index is -0.721. The summed E-state index contributed by atoms with van der Waals surface area (Å²) in [5.74, 6) is 0.0469. The van der Waals surface area contributed by atoms with Crippen LogP contribution in [0.4, 0.5) is 5.69 Å². The Hall–Kier alpha value is -4.06. The van der Waals surface area contributed by atoms with Crippen LogP contribution in [0.15, 0.2) is 92.3 Å². The zero-order valence-electron chi connectivity index (χ0n) is 22.4. The van der Waals surface area contributed by atoms with Crippen LogP contribution in [0.5, 0.6) is 5.75 Å². The van der Waals surface area contributed by atoms with Crippen molar-refractivity contribution in [2.24, 2.45) is 4.99 Å². The average molecular weight is 669 g/mol. The Morgan fingerprint density at radius 2 is 1.88 bits per heavy atom. The lowest BCUT2D eigenvalue weighted by atomic mass is 9.96. The Morgan fingerprint density at radius 1 is 1.17 bits per heavy atom. The number of thiazole rings is 1. The highest BCUT2D eigenvalue weighted by molar-refractivity contribution is 9.10. The topological polar surface area (TPSA) is 113 Å². The second kappa shape index (κ2) is 12.4. The summed E-state index contributed by atoms with van der Waals surface area (Å²) in [4.78, 5) is 42.3. The van der Waals surface area contributed by atoms with Gasteiger partial charge < -0.3 is 9.47 Å². The smallest absolute Gasteiger partial charge is 0.338 e. The van der Waals surface area contributed by atoms with Gasteiger partial charge in [-0.2, -0.15) is 0 Å². The highest BCUT2D eigenvalue weighted by atomic mass is 79.9. The SMILES string of the molecule is CCOC(=O)C1=C(C)N=c2s/c(=C\c3ccc(OCc4ccc([N+](=O)[O-])cc4)c(Br)c3)c(=O)n2[C@@H]1c1ccc(Cl)cc1. The molecule has 42 heavy (non-hydrogen) atoms. The fraction of sp³-hybridized carbons (Fsp3) is 0.167. The Kier molecular flexibility index (Phi) is 8.72. The quantitative estimate of drug-likeness (QED) is 0.135. The molecule has 4 aromatic rings. The molecule has 214 valence electrons. The van der Waals surface area contributed by atoms with Crippen molar-refractivity contribution in [2.45, 2.75) is 26.5 Å². The van der Waals surface area contributed by atoms with E-state index in [1.807, 2.05) is 12.1 Å². The summed E-state index contributed by atoms with van der Waals surface area (Å²) in [6.45, 7) is 3.88. The minimum Gasteiger partial charge on any atom is -0.488 e. The van der Waals surface area contributed by atoms with Crippen molar-refractivity contribution >= 4 is 56.6 Å². The van der Waals surface area contributed by atoms with Gasteiger partial charge in [0.2, 0.25) is 0 Å². The van der Waals surface area contributed by atoms with Gasteiger partial charge >= 0.3 is 5.97 Å². The van der Waals surface area contributed by atoms with Gasteiger partial charge in [-0.1, -0.05) is 41.1 Å². The summed E-state index contributed by atoms with van der Waals surface area (Å²) in [7, 11) is 0. The molecule has 0 fully saturated rings. The third kappa shape index (κ3) is 6.08. The number of hydrogen-bond acceptors (Lipinski definition) is 8. The number of esters is 1. The second-order valence-electron chi connectivity index (χ2n) is 9.26. The van der Waals surface area contributed by atoms with Crippen LogP contribution in [0.3, 0.4) is 0 Å². The van der Waals surface area contributed by atoms with E-state index in [4.69, 9.17) is 21.1 Å². The predicted molar refractivity (Wildman–Crippen MR) is 163 cm³/mol. The van der Waals surface area contributed by atoms with E-state index in [1.54, 1.807) is 62.4 Å². The molecule has 0 radical (unpaired) electrons. The van der Waals surface area contributed by atoms with Gasteiger partial charge in [0.15, 0.2) is 4.80 Å². The molecule has 0 saturated heterocycles. The average Bonchev–Trinajstić information content (AvgIpc) is 3.26. The number of hydrogen-bond donors (Lipinski definition) is 0. The number of rotatable bonds is 8. The molecule has 1 aromatic heterocycles. The van der Waals surface area contributed by atoms with E-state index in [2.05, 4.69) is 20.9 Å². The Morgan fingerprint density at radius 3 is 2.52 bits per heavy atom. The summed E-state index contributed by atoms with van der Waals surface area (Å²) < 4.78 is 13.9. The molecule has 0 amide bonds. The number of ether oxygens (including phenoxy) is 2.